The summed E-state index contributed by atoms with van der Waals surface area (Å²) in [6.45, 7) is 2.14. The number of hydrogen-bond donors (Lipinski definition) is 0. The summed E-state index contributed by atoms with van der Waals surface area (Å²) in [4.78, 5) is 4.31. The highest BCUT2D eigenvalue weighted by Gasteiger charge is 2.01. The summed E-state index contributed by atoms with van der Waals surface area (Å²) in [6, 6.07) is 0. The normalized spacial score (nSPS) is 24.1. The summed E-state index contributed by atoms with van der Waals surface area (Å²) in [6.07, 6.45) is 6.24. The van der Waals surface area contributed by atoms with Crippen molar-refractivity contribution in [2.24, 2.45) is 10.9 Å². The lowest BCUT2D eigenvalue weighted by atomic mass is 10.1. The average Bonchev–Trinajstić information content (AvgIpc) is 2.13. The number of aliphatic imine (C=N–C) groups is 1. The molecule has 1 rings (SSSR count). The zero-order valence-electron chi connectivity index (χ0n) is 6.22. The van der Waals surface area contributed by atoms with Gasteiger partial charge in [0.15, 0.2) is 0 Å². The molecule has 1 heterocycles. The molecule has 0 aromatic carbocycles. The topological polar surface area (TPSA) is 12.4 Å². The molecule has 1 nitrogen and oxygen atoms in total. The predicted octanol–water partition coefficient (Wildman–Crippen LogP) is 3.26. The van der Waals surface area contributed by atoms with Crippen molar-refractivity contribution in [3.8, 4) is 0 Å². The summed E-state index contributed by atoms with van der Waals surface area (Å²) in [5.74, 6) is 0.473. The maximum atomic E-state index is 4.31. The van der Waals surface area contributed by atoms with E-state index in [4.69, 9.17) is 0 Å². The molecule has 0 aromatic rings. The Morgan fingerprint density at radius 2 is 2.36 bits per heavy atom. The molecule has 1 aliphatic rings. The molecule has 0 aromatic heterocycles. The third-order valence-corrected chi connectivity index (χ3v) is 2.40. The lowest BCUT2D eigenvalue weighted by molar-refractivity contribution is 0.929. The van der Waals surface area contributed by atoms with Crippen LogP contribution in [0.4, 0.5) is 0 Å². The molecule has 3 heteroatoms. The van der Waals surface area contributed by atoms with Gasteiger partial charge in [-0.2, -0.15) is 0 Å². The zero-order valence-corrected chi connectivity index (χ0v) is 9.39. The van der Waals surface area contributed by atoms with Crippen molar-refractivity contribution in [2.45, 2.75) is 6.92 Å². The molecule has 0 saturated carbocycles. The molecular formula is C8H9Br2N. The van der Waals surface area contributed by atoms with E-state index >= 15 is 0 Å². The minimum Gasteiger partial charge on any atom is -0.245 e. The highest BCUT2D eigenvalue weighted by atomic mass is 79.9. The van der Waals surface area contributed by atoms with Crippen LogP contribution in [-0.2, 0) is 0 Å². The minimum atomic E-state index is 0.473. The molecule has 0 saturated heterocycles. The Bertz CT molecular complexity index is 228. The quantitative estimate of drug-likeness (QED) is 0.653. The van der Waals surface area contributed by atoms with Crippen LogP contribution in [0.15, 0.2) is 28.9 Å². The first-order valence-electron chi connectivity index (χ1n) is 3.41. The van der Waals surface area contributed by atoms with Crippen LogP contribution in [0.1, 0.15) is 6.92 Å². The van der Waals surface area contributed by atoms with Crippen LogP contribution in [0.5, 0.6) is 0 Å². The molecular weight excluding hydrogens is 270 g/mol. The molecule has 0 bridgehead atoms. The Morgan fingerprint density at radius 3 is 3.00 bits per heavy atom. The number of halogens is 2. The molecule has 1 unspecified atom stereocenters. The Kier molecular flexibility index (Phi) is 3.52. The molecule has 0 amide bonds. The van der Waals surface area contributed by atoms with Crippen molar-refractivity contribution in [1.82, 2.24) is 0 Å². The van der Waals surface area contributed by atoms with Crippen molar-refractivity contribution >= 4 is 36.5 Å². The maximum Gasteiger partial charge on any atom is 0.106 e. The second-order valence-electron chi connectivity index (χ2n) is 2.44. The van der Waals surface area contributed by atoms with Crippen LogP contribution in [0.3, 0.4) is 0 Å². The van der Waals surface area contributed by atoms with Crippen molar-refractivity contribution < 1.29 is 0 Å². The van der Waals surface area contributed by atoms with Gasteiger partial charge in [-0.3, -0.25) is 0 Å². The van der Waals surface area contributed by atoms with Crippen LogP contribution in [0, 0.1) is 5.92 Å². The van der Waals surface area contributed by atoms with Crippen LogP contribution in [0.2, 0.25) is 0 Å². The van der Waals surface area contributed by atoms with Gasteiger partial charge < -0.3 is 0 Å². The smallest absolute Gasteiger partial charge is 0.106 e. The maximum absolute atomic E-state index is 4.31. The molecule has 0 spiro atoms. The van der Waals surface area contributed by atoms with Gasteiger partial charge in [-0.25, -0.2) is 4.99 Å². The van der Waals surface area contributed by atoms with E-state index in [0.29, 0.717) is 5.92 Å². The first-order chi connectivity index (χ1) is 5.22. The molecule has 0 fully saturated rings. The van der Waals surface area contributed by atoms with E-state index < -0.39 is 0 Å². The van der Waals surface area contributed by atoms with Crippen molar-refractivity contribution in [2.75, 3.05) is 5.33 Å². The minimum absolute atomic E-state index is 0.473. The Labute approximate surface area is 83.5 Å². The lowest BCUT2D eigenvalue weighted by Gasteiger charge is -1.96. The van der Waals surface area contributed by atoms with Crippen molar-refractivity contribution in [3.05, 3.63) is 23.9 Å². The monoisotopic (exact) mass is 277 g/mol. The van der Waals surface area contributed by atoms with Crippen LogP contribution in [-0.4, -0.2) is 9.95 Å². The second-order valence-corrected chi connectivity index (χ2v) is 3.82. The Hall–Kier alpha value is 0.110. The van der Waals surface area contributed by atoms with E-state index in [2.05, 4.69) is 55.9 Å². The third kappa shape index (κ3) is 2.91. The summed E-state index contributed by atoms with van der Waals surface area (Å²) < 4.78 is 0.896. The predicted molar refractivity (Wildman–Crippen MR) is 56.5 cm³/mol. The largest absolute Gasteiger partial charge is 0.245 e. The number of allylic oxidation sites excluding steroid dienone is 4. The summed E-state index contributed by atoms with van der Waals surface area (Å²) in [7, 11) is 0. The zero-order chi connectivity index (χ0) is 8.27. The molecule has 1 atom stereocenters. The first-order valence-corrected chi connectivity index (χ1v) is 5.33. The van der Waals surface area contributed by atoms with Gasteiger partial charge in [-0.1, -0.05) is 35.0 Å². The first kappa shape index (κ1) is 9.20. The number of hydrogen-bond acceptors (Lipinski definition) is 1. The number of alkyl halides is 1. The number of nitrogens with zero attached hydrogens (tertiary/aromatic N) is 1. The van der Waals surface area contributed by atoms with E-state index in [1.165, 1.54) is 0 Å². The summed E-state index contributed by atoms with van der Waals surface area (Å²) >= 11 is 6.73. The van der Waals surface area contributed by atoms with E-state index in [0.717, 1.165) is 15.6 Å². The van der Waals surface area contributed by atoms with Crippen molar-refractivity contribution in [1.29, 1.82) is 0 Å². The van der Waals surface area contributed by atoms with Crippen molar-refractivity contribution in [3.63, 3.8) is 0 Å². The van der Waals surface area contributed by atoms with Gasteiger partial charge in [-0.15, -0.1) is 0 Å². The molecule has 1 aliphatic heterocycles. The Balaban J connectivity index is 2.86. The molecule has 11 heavy (non-hydrogen) atoms. The van der Waals surface area contributed by atoms with Gasteiger partial charge in [0.25, 0.3) is 0 Å². The van der Waals surface area contributed by atoms with E-state index in [1.807, 2.05) is 6.08 Å². The van der Waals surface area contributed by atoms with E-state index in [9.17, 15) is 0 Å². The van der Waals surface area contributed by atoms with Crippen LogP contribution >= 0.6 is 31.9 Å². The van der Waals surface area contributed by atoms with Gasteiger partial charge in [0.1, 0.15) is 4.62 Å². The fraction of sp³-hybridized carbons (Fsp3) is 0.375. The van der Waals surface area contributed by atoms with E-state index in [-0.39, 0.29) is 0 Å². The average molecular weight is 279 g/mol. The highest BCUT2D eigenvalue weighted by molar-refractivity contribution is 9.18. The van der Waals surface area contributed by atoms with Gasteiger partial charge >= 0.3 is 0 Å². The highest BCUT2D eigenvalue weighted by Crippen LogP contribution is 2.14. The molecule has 0 radical (unpaired) electrons. The summed E-state index contributed by atoms with van der Waals surface area (Å²) in [5, 5.41) is 0.814. The third-order valence-electron chi connectivity index (χ3n) is 1.38. The molecule has 0 N–H and O–H groups in total. The second kappa shape index (κ2) is 4.21. The lowest BCUT2D eigenvalue weighted by Crippen LogP contribution is -1.85. The van der Waals surface area contributed by atoms with Gasteiger partial charge in [-0.05, 0) is 27.9 Å². The standard InChI is InChI=1S/C8H9Br2N/c1-6-2-3-8(10)11-7(4-6)5-9/h2-4,6H,5H2,1H3. The Morgan fingerprint density at radius 1 is 1.64 bits per heavy atom. The van der Waals surface area contributed by atoms with Crippen LogP contribution < -0.4 is 0 Å². The van der Waals surface area contributed by atoms with Gasteiger partial charge in [0, 0.05) is 11.0 Å². The number of rotatable bonds is 1. The van der Waals surface area contributed by atoms with Gasteiger partial charge in [0.05, 0.1) is 0 Å². The van der Waals surface area contributed by atoms with E-state index in [1.54, 1.807) is 0 Å². The van der Waals surface area contributed by atoms with Gasteiger partial charge in [0.2, 0.25) is 0 Å². The fourth-order valence-electron chi connectivity index (χ4n) is 0.876. The fourth-order valence-corrected chi connectivity index (χ4v) is 1.57. The summed E-state index contributed by atoms with van der Waals surface area (Å²) in [5.41, 5.74) is 1.08. The molecule has 0 aliphatic carbocycles. The molecule has 60 valence electrons. The van der Waals surface area contributed by atoms with Crippen LogP contribution in [0.25, 0.3) is 0 Å². The SMILES string of the molecule is CC1C=CC(Br)=NC(CBr)=C1.